The van der Waals surface area contributed by atoms with Crippen LogP contribution in [0.5, 0.6) is 11.5 Å². The molecule has 1 saturated carbocycles. The molecule has 0 radical (unpaired) electrons. The van der Waals surface area contributed by atoms with E-state index in [0.717, 1.165) is 23.5 Å². The number of methoxy groups -OCH3 is 2. The van der Waals surface area contributed by atoms with E-state index in [4.69, 9.17) is 9.47 Å². The van der Waals surface area contributed by atoms with Crippen LogP contribution < -0.4 is 20.1 Å². The highest BCUT2D eigenvalue weighted by Gasteiger charge is 2.23. The van der Waals surface area contributed by atoms with Crippen molar-refractivity contribution < 1.29 is 14.3 Å². The van der Waals surface area contributed by atoms with E-state index in [0.29, 0.717) is 18.5 Å². The summed E-state index contributed by atoms with van der Waals surface area (Å²) in [6.45, 7) is 4.54. The van der Waals surface area contributed by atoms with Crippen molar-refractivity contribution in [3.05, 3.63) is 23.8 Å². The van der Waals surface area contributed by atoms with E-state index in [1.807, 2.05) is 25.1 Å². The lowest BCUT2D eigenvalue weighted by molar-refractivity contribution is -0.121. The van der Waals surface area contributed by atoms with Crippen molar-refractivity contribution in [2.45, 2.75) is 51.6 Å². The number of hydrogen-bond donors (Lipinski definition) is 2. The number of rotatable bonds is 7. The van der Waals surface area contributed by atoms with Gasteiger partial charge in [0, 0.05) is 17.6 Å². The van der Waals surface area contributed by atoms with Crippen LogP contribution in [0.25, 0.3) is 0 Å². The van der Waals surface area contributed by atoms with Gasteiger partial charge in [0.05, 0.1) is 20.8 Å². The molecule has 0 unspecified atom stereocenters. The smallest absolute Gasteiger partial charge is 0.234 e. The Kier molecular flexibility index (Phi) is 6.91. The molecule has 2 rings (SSSR count). The standard InChI is InChI=1S/C19H30N2O3/c1-13-7-5-6-8-17(13)21-19(22)12-20-14(2)16-11-15(23-3)9-10-18(16)24-4/h9-11,13-14,17,20H,5-8,12H2,1-4H3,(H,21,22)/t13-,14-,17+/m0/s1. The summed E-state index contributed by atoms with van der Waals surface area (Å²) < 4.78 is 10.7. The second-order valence-electron chi connectivity index (χ2n) is 6.65. The molecule has 1 aliphatic carbocycles. The number of nitrogens with one attached hydrogen (secondary N) is 2. The van der Waals surface area contributed by atoms with E-state index >= 15 is 0 Å². The topological polar surface area (TPSA) is 59.6 Å². The highest BCUT2D eigenvalue weighted by Crippen LogP contribution is 2.29. The molecule has 0 bridgehead atoms. The van der Waals surface area contributed by atoms with Gasteiger partial charge in [-0.3, -0.25) is 4.79 Å². The molecular formula is C19H30N2O3. The predicted octanol–water partition coefficient (Wildman–Crippen LogP) is 3.05. The van der Waals surface area contributed by atoms with E-state index in [9.17, 15) is 4.79 Å². The van der Waals surface area contributed by atoms with E-state index in [1.165, 1.54) is 19.3 Å². The van der Waals surface area contributed by atoms with Crippen molar-refractivity contribution in [1.82, 2.24) is 10.6 Å². The SMILES string of the molecule is COc1ccc(OC)c([C@H](C)NCC(=O)N[C@@H]2CCCC[C@@H]2C)c1. The Morgan fingerprint density at radius 2 is 2.00 bits per heavy atom. The molecule has 3 atom stereocenters. The summed E-state index contributed by atoms with van der Waals surface area (Å²) >= 11 is 0. The summed E-state index contributed by atoms with van der Waals surface area (Å²) in [5.74, 6) is 2.19. The maximum Gasteiger partial charge on any atom is 0.234 e. The quantitative estimate of drug-likeness (QED) is 0.805. The fourth-order valence-electron chi connectivity index (χ4n) is 3.32. The van der Waals surface area contributed by atoms with Gasteiger partial charge in [-0.05, 0) is 43.9 Å². The molecule has 0 aliphatic heterocycles. The van der Waals surface area contributed by atoms with Crippen molar-refractivity contribution in [3.8, 4) is 11.5 Å². The van der Waals surface area contributed by atoms with Gasteiger partial charge in [-0.2, -0.15) is 0 Å². The predicted molar refractivity (Wildman–Crippen MR) is 95.5 cm³/mol. The van der Waals surface area contributed by atoms with Gasteiger partial charge >= 0.3 is 0 Å². The Morgan fingerprint density at radius 3 is 2.67 bits per heavy atom. The number of carbonyl (C=O) groups is 1. The molecule has 0 heterocycles. The van der Waals surface area contributed by atoms with Gasteiger partial charge in [-0.15, -0.1) is 0 Å². The second-order valence-corrected chi connectivity index (χ2v) is 6.65. The molecule has 134 valence electrons. The van der Waals surface area contributed by atoms with Crippen LogP contribution in [0.1, 0.15) is 51.1 Å². The third-order valence-corrected chi connectivity index (χ3v) is 4.93. The summed E-state index contributed by atoms with van der Waals surface area (Å²) in [6, 6.07) is 6.00. The average Bonchev–Trinajstić information content (AvgIpc) is 2.61. The molecule has 1 fully saturated rings. The first-order chi connectivity index (χ1) is 11.5. The van der Waals surface area contributed by atoms with E-state index in [2.05, 4.69) is 17.6 Å². The summed E-state index contributed by atoms with van der Waals surface area (Å²) in [7, 11) is 3.29. The number of ether oxygens (including phenoxy) is 2. The molecule has 0 aromatic heterocycles. The first-order valence-corrected chi connectivity index (χ1v) is 8.79. The van der Waals surface area contributed by atoms with Gasteiger partial charge in [-0.25, -0.2) is 0 Å². The molecule has 0 saturated heterocycles. The third kappa shape index (κ3) is 4.87. The molecule has 0 spiro atoms. The molecule has 1 aromatic rings. The number of carbonyl (C=O) groups excluding carboxylic acids is 1. The Balaban J connectivity index is 1.90. The largest absolute Gasteiger partial charge is 0.497 e. The second kappa shape index (κ2) is 8.92. The van der Waals surface area contributed by atoms with Crippen LogP contribution in [0, 0.1) is 5.92 Å². The Labute approximate surface area is 145 Å². The number of amides is 1. The normalized spacial score (nSPS) is 21.8. The minimum atomic E-state index is -0.00965. The molecule has 2 N–H and O–H groups in total. The fourth-order valence-corrected chi connectivity index (χ4v) is 3.32. The summed E-state index contributed by atoms with van der Waals surface area (Å²) in [4.78, 5) is 12.2. The van der Waals surface area contributed by atoms with Gasteiger partial charge in [0.1, 0.15) is 11.5 Å². The third-order valence-electron chi connectivity index (χ3n) is 4.93. The molecule has 1 aliphatic rings. The minimum absolute atomic E-state index is 0.00965. The number of benzene rings is 1. The molecule has 1 aromatic carbocycles. The van der Waals surface area contributed by atoms with Crippen molar-refractivity contribution >= 4 is 5.91 Å². The van der Waals surface area contributed by atoms with Crippen LogP contribution in [-0.2, 0) is 4.79 Å². The Morgan fingerprint density at radius 1 is 1.25 bits per heavy atom. The first-order valence-electron chi connectivity index (χ1n) is 8.79. The zero-order chi connectivity index (χ0) is 17.5. The first kappa shape index (κ1) is 18.6. The summed E-state index contributed by atoms with van der Waals surface area (Å²) in [6.07, 6.45) is 4.78. The van der Waals surface area contributed by atoms with Gasteiger partial charge in [0.25, 0.3) is 0 Å². The van der Waals surface area contributed by atoms with Crippen molar-refractivity contribution in [2.75, 3.05) is 20.8 Å². The zero-order valence-electron chi connectivity index (χ0n) is 15.2. The Hall–Kier alpha value is -1.75. The van der Waals surface area contributed by atoms with Crippen LogP contribution in [0.2, 0.25) is 0 Å². The van der Waals surface area contributed by atoms with Crippen LogP contribution in [0.3, 0.4) is 0 Å². The Bertz CT molecular complexity index is 547. The van der Waals surface area contributed by atoms with Crippen LogP contribution in [0.4, 0.5) is 0 Å². The maximum absolute atomic E-state index is 12.2. The van der Waals surface area contributed by atoms with Gasteiger partial charge in [-0.1, -0.05) is 19.8 Å². The van der Waals surface area contributed by atoms with Gasteiger partial charge < -0.3 is 20.1 Å². The van der Waals surface area contributed by atoms with E-state index in [-0.39, 0.29) is 11.9 Å². The summed E-state index contributed by atoms with van der Waals surface area (Å²) in [5, 5.41) is 6.45. The highest BCUT2D eigenvalue weighted by molar-refractivity contribution is 5.78. The lowest BCUT2D eigenvalue weighted by Crippen LogP contribution is -2.45. The lowest BCUT2D eigenvalue weighted by atomic mass is 9.86. The van der Waals surface area contributed by atoms with Crippen LogP contribution >= 0.6 is 0 Å². The molecule has 1 amide bonds. The monoisotopic (exact) mass is 334 g/mol. The average molecular weight is 334 g/mol. The van der Waals surface area contributed by atoms with Crippen molar-refractivity contribution in [3.63, 3.8) is 0 Å². The van der Waals surface area contributed by atoms with Crippen molar-refractivity contribution in [2.24, 2.45) is 5.92 Å². The van der Waals surface area contributed by atoms with Crippen LogP contribution in [-0.4, -0.2) is 32.7 Å². The highest BCUT2D eigenvalue weighted by atomic mass is 16.5. The molecule has 5 nitrogen and oxygen atoms in total. The molecule has 24 heavy (non-hydrogen) atoms. The number of hydrogen-bond acceptors (Lipinski definition) is 4. The van der Waals surface area contributed by atoms with Crippen LogP contribution in [0.15, 0.2) is 18.2 Å². The molecule has 5 heteroatoms. The van der Waals surface area contributed by atoms with Gasteiger partial charge in [0.2, 0.25) is 5.91 Å². The fraction of sp³-hybridized carbons (Fsp3) is 0.632. The van der Waals surface area contributed by atoms with E-state index < -0.39 is 0 Å². The van der Waals surface area contributed by atoms with Crippen molar-refractivity contribution in [1.29, 1.82) is 0 Å². The molecular weight excluding hydrogens is 304 g/mol. The zero-order valence-corrected chi connectivity index (χ0v) is 15.2. The van der Waals surface area contributed by atoms with Gasteiger partial charge in [0.15, 0.2) is 0 Å². The summed E-state index contributed by atoms with van der Waals surface area (Å²) in [5.41, 5.74) is 0.982. The maximum atomic E-state index is 12.2. The minimum Gasteiger partial charge on any atom is -0.497 e. The van der Waals surface area contributed by atoms with E-state index in [1.54, 1.807) is 14.2 Å². The lowest BCUT2D eigenvalue weighted by Gasteiger charge is -2.29.